The number of hydrogen-bond donors (Lipinski definition) is 1. The molecule has 0 aliphatic rings. The Balaban J connectivity index is 2.67. The number of carboxylic acids is 1. The van der Waals surface area contributed by atoms with E-state index in [9.17, 15) is 18.0 Å². The highest BCUT2D eigenvalue weighted by molar-refractivity contribution is 6.30. The molecule has 0 aliphatic carbocycles. The number of alkyl halides is 3. The summed E-state index contributed by atoms with van der Waals surface area (Å²) >= 11 is 5.58. The zero-order chi connectivity index (χ0) is 15.1. The predicted octanol–water partition coefficient (Wildman–Crippen LogP) is 3.55. The lowest BCUT2D eigenvalue weighted by atomic mass is 10.1. The number of carbonyl (C=O) groups is 1. The van der Waals surface area contributed by atoms with E-state index >= 15 is 0 Å². The van der Waals surface area contributed by atoms with E-state index in [1.807, 2.05) is 0 Å². The van der Waals surface area contributed by atoms with Gasteiger partial charge < -0.3 is 5.11 Å². The lowest BCUT2D eigenvalue weighted by Gasteiger charge is -2.14. The normalized spacial score (nSPS) is 11.7. The number of halogens is 4. The van der Waals surface area contributed by atoms with E-state index in [0.29, 0.717) is 0 Å². The minimum Gasteiger partial charge on any atom is -0.476 e. The molecule has 0 aliphatic heterocycles. The topological polar surface area (TPSA) is 55.1 Å². The highest BCUT2D eigenvalue weighted by atomic mass is 35.5. The van der Waals surface area contributed by atoms with Crippen LogP contribution in [-0.4, -0.2) is 20.9 Å². The van der Waals surface area contributed by atoms with Gasteiger partial charge in [-0.25, -0.2) is 9.48 Å². The quantitative estimate of drug-likeness (QED) is 0.923. The highest BCUT2D eigenvalue weighted by Crippen LogP contribution is 2.35. The molecule has 0 amide bonds. The third kappa shape index (κ3) is 2.62. The molecule has 0 spiro atoms. The highest BCUT2D eigenvalue weighted by Gasteiger charge is 2.35. The summed E-state index contributed by atoms with van der Waals surface area (Å²) in [5.41, 5.74) is -1.30. The van der Waals surface area contributed by atoms with Crippen LogP contribution in [-0.2, 0) is 6.18 Å². The van der Waals surface area contributed by atoms with Crippen LogP contribution in [0.2, 0.25) is 5.02 Å². The van der Waals surface area contributed by atoms with Crippen LogP contribution in [0.1, 0.15) is 21.7 Å². The molecule has 0 fully saturated rings. The van der Waals surface area contributed by atoms with Gasteiger partial charge in [-0.1, -0.05) is 11.6 Å². The van der Waals surface area contributed by atoms with Crippen molar-refractivity contribution in [3.8, 4) is 5.69 Å². The Morgan fingerprint density at radius 3 is 2.50 bits per heavy atom. The number of aromatic carboxylic acids is 1. The first kappa shape index (κ1) is 14.4. The third-order valence-electron chi connectivity index (χ3n) is 2.60. The van der Waals surface area contributed by atoms with E-state index in [0.717, 1.165) is 16.8 Å². The summed E-state index contributed by atoms with van der Waals surface area (Å²) < 4.78 is 39.9. The Kier molecular flexibility index (Phi) is 3.47. The molecule has 8 heteroatoms. The number of carboxylic acid groups (broad SMARTS) is 1. The van der Waals surface area contributed by atoms with Crippen molar-refractivity contribution in [3.63, 3.8) is 0 Å². The van der Waals surface area contributed by atoms with Gasteiger partial charge >= 0.3 is 12.1 Å². The first-order valence-corrected chi connectivity index (χ1v) is 5.75. The number of benzene rings is 1. The fraction of sp³-hybridized carbons (Fsp3) is 0.167. The SMILES string of the molecule is Cc1cc(C(=O)O)nn1-c1ccc(Cl)cc1C(F)(F)F. The second-order valence-electron chi connectivity index (χ2n) is 4.05. The van der Waals surface area contributed by atoms with Crippen molar-refractivity contribution in [1.29, 1.82) is 0 Å². The van der Waals surface area contributed by atoms with Crippen LogP contribution in [0.5, 0.6) is 0 Å². The van der Waals surface area contributed by atoms with Crippen molar-refractivity contribution in [2.24, 2.45) is 0 Å². The van der Waals surface area contributed by atoms with E-state index in [1.54, 1.807) is 0 Å². The van der Waals surface area contributed by atoms with Crippen molar-refractivity contribution in [2.75, 3.05) is 0 Å². The predicted molar refractivity (Wildman–Crippen MR) is 65.3 cm³/mol. The van der Waals surface area contributed by atoms with Gasteiger partial charge in [0.1, 0.15) is 0 Å². The number of hydrogen-bond acceptors (Lipinski definition) is 2. The van der Waals surface area contributed by atoms with Gasteiger partial charge in [-0.05, 0) is 31.2 Å². The molecular weight excluding hydrogens is 297 g/mol. The Labute approximate surface area is 116 Å². The molecule has 0 saturated carbocycles. The number of nitrogens with zero attached hydrogens (tertiary/aromatic N) is 2. The summed E-state index contributed by atoms with van der Waals surface area (Å²) in [6, 6.07) is 4.40. The van der Waals surface area contributed by atoms with Gasteiger partial charge in [-0.15, -0.1) is 0 Å². The van der Waals surface area contributed by atoms with Crippen LogP contribution >= 0.6 is 11.6 Å². The Bertz CT molecular complexity index is 680. The lowest BCUT2D eigenvalue weighted by molar-refractivity contribution is -0.137. The maximum Gasteiger partial charge on any atom is 0.418 e. The van der Waals surface area contributed by atoms with Crippen LogP contribution in [0.15, 0.2) is 24.3 Å². The molecule has 2 rings (SSSR count). The van der Waals surface area contributed by atoms with Crippen LogP contribution in [0, 0.1) is 6.92 Å². The maximum atomic E-state index is 13.0. The summed E-state index contributed by atoms with van der Waals surface area (Å²) in [6.45, 7) is 1.47. The monoisotopic (exact) mass is 304 g/mol. The largest absolute Gasteiger partial charge is 0.476 e. The van der Waals surface area contributed by atoms with Crippen LogP contribution in [0.25, 0.3) is 5.69 Å². The number of aromatic nitrogens is 2. The summed E-state index contributed by atoms with van der Waals surface area (Å²) in [4.78, 5) is 10.8. The van der Waals surface area contributed by atoms with Gasteiger partial charge in [0.15, 0.2) is 5.69 Å². The van der Waals surface area contributed by atoms with Crippen molar-refractivity contribution in [1.82, 2.24) is 9.78 Å². The smallest absolute Gasteiger partial charge is 0.418 e. The Hall–Kier alpha value is -2.02. The second kappa shape index (κ2) is 4.82. The molecule has 0 radical (unpaired) electrons. The van der Waals surface area contributed by atoms with Crippen molar-refractivity contribution in [2.45, 2.75) is 13.1 Å². The molecule has 20 heavy (non-hydrogen) atoms. The first-order valence-electron chi connectivity index (χ1n) is 5.37. The molecule has 0 bridgehead atoms. The fourth-order valence-corrected chi connectivity index (χ4v) is 1.91. The van der Waals surface area contributed by atoms with Crippen LogP contribution < -0.4 is 0 Å². The molecule has 1 aromatic heterocycles. The average molecular weight is 305 g/mol. The summed E-state index contributed by atoms with van der Waals surface area (Å²) in [5.74, 6) is -1.31. The van der Waals surface area contributed by atoms with E-state index in [1.165, 1.54) is 19.1 Å². The van der Waals surface area contributed by atoms with Crippen LogP contribution in [0.3, 0.4) is 0 Å². The van der Waals surface area contributed by atoms with E-state index in [4.69, 9.17) is 16.7 Å². The molecule has 0 saturated heterocycles. The third-order valence-corrected chi connectivity index (χ3v) is 2.83. The maximum absolute atomic E-state index is 13.0. The van der Waals surface area contributed by atoms with Crippen molar-refractivity contribution >= 4 is 17.6 Å². The molecule has 1 N–H and O–H groups in total. The van der Waals surface area contributed by atoms with Gasteiger partial charge in [0.2, 0.25) is 0 Å². The molecule has 4 nitrogen and oxygen atoms in total. The van der Waals surface area contributed by atoms with Gasteiger partial charge in [-0.3, -0.25) is 0 Å². The minimum atomic E-state index is -4.62. The molecule has 1 heterocycles. The van der Waals surface area contributed by atoms with Gasteiger partial charge in [0, 0.05) is 10.7 Å². The van der Waals surface area contributed by atoms with Gasteiger partial charge in [0.05, 0.1) is 11.3 Å². The van der Waals surface area contributed by atoms with E-state index in [2.05, 4.69) is 5.10 Å². The van der Waals surface area contributed by atoms with E-state index < -0.39 is 17.7 Å². The average Bonchev–Trinajstić information content (AvgIpc) is 2.70. The van der Waals surface area contributed by atoms with E-state index in [-0.39, 0.29) is 22.1 Å². The van der Waals surface area contributed by atoms with Gasteiger partial charge in [-0.2, -0.15) is 18.3 Å². The molecule has 106 valence electrons. The molecule has 0 atom stereocenters. The molecular formula is C12H8ClF3N2O2. The zero-order valence-electron chi connectivity index (χ0n) is 10.1. The van der Waals surface area contributed by atoms with Crippen molar-refractivity contribution < 1.29 is 23.1 Å². The Morgan fingerprint density at radius 1 is 1.35 bits per heavy atom. The second-order valence-corrected chi connectivity index (χ2v) is 4.48. The lowest BCUT2D eigenvalue weighted by Crippen LogP contribution is -2.12. The molecule has 1 aromatic carbocycles. The van der Waals surface area contributed by atoms with Crippen LogP contribution in [0.4, 0.5) is 13.2 Å². The Morgan fingerprint density at radius 2 is 2.00 bits per heavy atom. The summed E-state index contributed by atoms with van der Waals surface area (Å²) in [7, 11) is 0. The molecule has 0 unspecified atom stereocenters. The number of aryl methyl sites for hydroxylation is 1. The standard InChI is InChI=1S/C12H8ClF3N2O2/c1-6-4-9(11(19)20)17-18(6)10-3-2-7(13)5-8(10)12(14,15)16/h2-5H,1H3,(H,19,20). The van der Waals surface area contributed by atoms with Gasteiger partial charge in [0.25, 0.3) is 0 Å². The number of rotatable bonds is 2. The van der Waals surface area contributed by atoms with Crippen molar-refractivity contribution in [3.05, 3.63) is 46.2 Å². The zero-order valence-corrected chi connectivity index (χ0v) is 10.8. The molecule has 2 aromatic rings. The summed E-state index contributed by atoms with van der Waals surface area (Å²) in [5, 5.41) is 12.4. The summed E-state index contributed by atoms with van der Waals surface area (Å²) in [6.07, 6.45) is -4.62. The fourth-order valence-electron chi connectivity index (χ4n) is 1.74. The first-order chi connectivity index (χ1) is 9.20. The minimum absolute atomic E-state index is 0.0654.